The normalized spacial score (nSPS) is 14.7. The van der Waals surface area contributed by atoms with Gasteiger partial charge in [-0.1, -0.05) is 12.1 Å². The molecular formula is C12H13F3N2O2. The van der Waals surface area contributed by atoms with Crippen LogP contribution in [0.4, 0.5) is 13.2 Å². The third-order valence-corrected chi connectivity index (χ3v) is 2.48. The highest BCUT2D eigenvalue weighted by atomic mass is 19.4. The van der Waals surface area contributed by atoms with Gasteiger partial charge in [0.25, 0.3) is 0 Å². The Labute approximate surface area is 108 Å². The number of alkyl halides is 3. The predicted molar refractivity (Wildman–Crippen MR) is 61.0 cm³/mol. The second-order valence-electron chi connectivity index (χ2n) is 3.97. The first kappa shape index (κ1) is 15.4. The summed E-state index contributed by atoms with van der Waals surface area (Å²) in [6.07, 6.45) is -8.14. The van der Waals surface area contributed by atoms with Crippen LogP contribution in [0.5, 0.6) is 0 Å². The quantitative estimate of drug-likeness (QED) is 0.751. The average Bonchev–Trinajstić information content (AvgIpc) is 2.37. The lowest BCUT2D eigenvalue weighted by molar-refractivity contribution is -0.202. The molecule has 0 radical (unpaired) electrons. The highest BCUT2D eigenvalue weighted by molar-refractivity contribution is 5.32. The second kappa shape index (κ2) is 6.52. The Balaban J connectivity index is 2.43. The number of aliphatic hydroxyl groups is 2. The Morgan fingerprint density at radius 2 is 1.74 bits per heavy atom. The molecule has 0 aromatic heterocycles. The molecule has 0 aliphatic rings. The summed E-state index contributed by atoms with van der Waals surface area (Å²) in [7, 11) is 0. The van der Waals surface area contributed by atoms with Gasteiger partial charge in [0.1, 0.15) is 0 Å². The average molecular weight is 274 g/mol. The predicted octanol–water partition coefficient (Wildman–Crippen LogP) is 1.10. The molecule has 0 spiro atoms. The van der Waals surface area contributed by atoms with Gasteiger partial charge in [0, 0.05) is 13.1 Å². The summed E-state index contributed by atoms with van der Waals surface area (Å²) in [5, 5.41) is 29.3. The van der Waals surface area contributed by atoms with Gasteiger partial charge in [0.15, 0.2) is 6.10 Å². The second-order valence-corrected chi connectivity index (χ2v) is 3.97. The lowest BCUT2D eigenvalue weighted by Gasteiger charge is -2.17. The molecule has 1 aromatic rings. The molecule has 0 aliphatic carbocycles. The Hall–Kier alpha value is -1.62. The van der Waals surface area contributed by atoms with Crippen LogP contribution in [0, 0.1) is 11.3 Å². The maximum Gasteiger partial charge on any atom is 0.415 e. The van der Waals surface area contributed by atoms with Crippen LogP contribution >= 0.6 is 0 Å². The SMILES string of the molecule is N#Cc1ccc(C(O)CNCC(O)C(F)(F)F)cc1. The van der Waals surface area contributed by atoms with Gasteiger partial charge in [-0.15, -0.1) is 0 Å². The van der Waals surface area contributed by atoms with E-state index in [4.69, 9.17) is 10.4 Å². The first-order chi connectivity index (χ1) is 8.84. The molecule has 7 heteroatoms. The molecule has 19 heavy (non-hydrogen) atoms. The zero-order valence-corrected chi connectivity index (χ0v) is 9.85. The fraction of sp³-hybridized carbons (Fsp3) is 0.417. The summed E-state index contributed by atoms with van der Waals surface area (Å²) in [5.74, 6) is 0. The molecule has 0 aliphatic heterocycles. The molecule has 104 valence electrons. The molecule has 2 unspecified atom stereocenters. The number of aliphatic hydroxyl groups excluding tert-OH is 2. The standard InChI is InChI=1S/C12H13F3N2O2/c13-12(14,15)11(19)7-17-6-10(18)9-3-1-8(5-16)2-4-9/h1-4,10-11,17-19H,6-7H2. The van der Waals surface area contributed by atoms with Gasteiger partial charge in [-0.3, -0.25) is 0 Å². The number of hydrogen-bond donors (Lipinski definition) is 3. The number of nitrogens with one attached hydrogen (secondary N) is 1. The van der Waals surface area contributed by atoms with Crippen molar-refractivity contribution in [1.29, 1.82) is 5.26 Å². The van der Waals surface area contributed by atoms with E-state index in [2.05, 4.69) is 5.32 Å². The van der Waals surface area contributed by atoms with E-state index in [1.54, 1.807) is 0 Å². The molecule has 4 nitrogen and oxygen atoms in total. The van der Waals surface area contributed by atoms with Crippen LogP contribution < -0.4 is 5.32 Å². The van der Waals surface area contributed by atoms with Crippen molar-refractivity contribution in [3.05, 3.63) is 35.4 Å². The van der Waals surface area contributed by atoms with Crippen molar-refractivity contribution in [3.63, 3.8) is 0 Å². The summed E-state index contributed by atoms with van der Waals surface area (Å²) < 4.78 is 36.0. The monoisotopic (exact) mass is 274 g/mol. The molecule has 3 N–H and O–H groups in total. The van der Waals surface area contributed by atoms with Crippen molar-refractivity contribution in [2.45, 2.75) is 18.4 Å². The Morgan fingerprint density at radius 3 is 2.21 bits per heavy atom. The number of halogens is 3. The van der Waals surface area contributed by atoms with E-state index in [9.17, 15) is 18.3 Å². The molecular weight excluding hydrogens is 261 g/mol. The highest BCUT2D eigenvalue weighted by Gasteiger charge is 2.37. The van der Waals surface area contributed by atoms with Crippen molar-refractivity contribution in [3.8, 4) is 6.07 Å². The van der Waals surface area contributed by atoms with Crippen LogP contribution in [0.1, 0.15) is 17.2 Å². The van der Waals surface area contributed by atoms with E-state index in [1.165, 1.54) is 24.3 Å². The third kappa shape index (κ3) is 4.87. The van der Waals surface area contributed by atoms with Gasteiger partial charge in [0.05, 0.1) is 17.7 Å². The Kier molecular flexibility index (Phi) is 5.30. The van der Waals surface area contributed by atoms with Gasteiger partial charge < -0.3 is 15.5 Å². The lowest BCUT2D eigenvalue weighted by atomic mass is 10.1. The fourth-order valence-corrected chi connectivity index (χ4v) is 1.37. The van der Waals surface area contributed by atoms with Crippen LogP contribution in [0.25, 0.3) is 0 Å². The van der Waals surface area contributed by atoms with Gasteiger partial charge in [-0.05, 0) is 17.7 Å². The Bertz CT molecular complexity index is 440. The summed E-state index contributed by atoms with van der Waals surface area (Å²) in [5.41, 5.74) is 0.907. The Morgan fingerprint density at radius 1 is 1.16 bits per heavy atom. The molecule has 1 rings (SSSR count). The van der Waals surface area contributed by atoms with Crippen molar-refractivity contribution < 1.29 is 23.4 Å². The largest absolute Gasteiger partial charge is 0.415 e. The van der Waals surface area contributed by atoms with E-state index in [1.807, 2.05) is 6.07 Å². The minimum atomic E-state index is -4.67. The fourth-order valence-electron chi connectivity index (χ4n) is 1.37. The number of nitrogens with zero attached hydrogens (tertiary/aromatic N) is 1. The number of hydrogen-bond acceptors (Lipinski definition) is 4. The van der Waals surface area contributed by atoms with E-state index in [0.29, 0.717) is 11.1 Å². The summed E-state index contributed by atoms with van der Waals surface area (Å²) >= 11 is 0. The van der Waals surface area contributed by atoms with Gasteiger partial charge >= 0.3 is 6.18 Å². The first-order valence-corrected chi connectivity index (χ1v) is 5.48. The van der Waals surface area contributed by atoms with E-state index >= 15 is 0 Å². The highest BCUT2D eigenvalue weighted by Crippen LogP contribution is 2.19. The van der Waals surface area contributed by atoms with E-state index in [-0.39, 0.29) is 6.54 Å². The zero-order valence-electron chi connectivity index (χ0n) is 9.85. The maximum atomic E-state index is 12.0. The summed E-state index contributed by atoms with van der Waals surface area (Å²) in [4.78, 5) is 0. The third-order valence-electron chi connectivity index (χ3n) is 2.48. The molecule has 0 saturated heterocycles. The summed E-state index contributed by atoms with van der Waals surface area (Å²) in [6, 6.07) is 7.96. The van der Waals surface area contributed by atoms with E-state index < -0.39 is 24.9 Å². The van der Waals surface area contributed by atoms with Crippen LogP contribution in [-0.4, -0.2) is 35.6 Å². The van der Waals surface area contributed by atoms with Gasteiger partial charge in [-0.2, -0.15) is 18.4 Å². The summed E-state index contributed by atoms with van der Waals surface area (Å²) in [6.45, 7) is -0.810. The first-order valence-electron chi connectivity index (χ1n) is 5.48. The molecule has 0 bridgehead atoms. The van der Waals surface area contributed by atoms with Crippen LogP contribution in [0.3, 0.4) is 0 Å². The molecule has 0 amide bonds. The van der Waals surface area contributed by atoms with Crippen LogP contribution in [0.15, 0.2) is 24.3 Å². The van der Waals surface area contributed by atoms with Crippen LogP contribution in [-0.2, 0) is 0 Å². The minimum Gasteiger partial charge on any atom is -0.387 e. The minimum absolute atomic E-state index is 0.126. The molecule has 0 fully saturated rings. The van der Waals surface area contributed by atoms with Crippen LogP contribution in [0.2, 0.25) is 0 Å². The van der Waals surface area contributed by atoms with Crippen molar-refractivity contribution in [2.24, 2.45) is 0 Å². The number of nitriles is 1. The molecule has 2 atom stereocenters. The van der Waals surface area contributed by atoms with Crippen molar-refractivity contribution in [2.75, 3.05) is 13.1 Å². The lowest BCUT2D eigenvalue weighted by Crippen LogP contribution is -2.39. The molecule has 1 aromatic carbocycles. The van der Waals surface area contributed by atoms with Gasteiger partial charge in [-0.25, -0.2) is 0 Å². The van der Waals surface area contributed by atoms with Crippen molar-refractivity contribution in [1.82, 2.24) is 5.32 Å². The maximum absolute atomic E-state index is 12.0. The number of rotatable bonds is 5. The molecule has 0 heterocycles. The number of benzene rings is 1. The molecule has 0 saturated carbocycles. The van der Waals surface area contributed by atoms with Crippen molar-refractivity contribution >= 4 is 0 Å². The smallest absolute Gasteiger partial charge is 0.387 e. The zero-order chi connectivity index (χ0) is 14.5. The van der Waals surface area contributed by atoms with Gasteiger partial charge in [0.2, 0.25) is 0 Å². The van der Waals surface area contributed by atoms with E-state index in [0.717, 1.165) is 0 Å². The topological polar surface area (TPSA) is 76.3 Å².